The van der Waals surface area contributed by atoms with E-state index in [-0.39, 0.29) is 5.56 Å². The van der Waals surface area contributed by atoms with Crippen molar-refractivity contribution < 1.29 is 18.7 Å². The van der Waals surface area contributed by atoms with E-state index in [1.807, 2.05) is 12.1 Å². The summed E-state index contributed by atoms with van der Waals surface area (Å²) in [5, 5.41) is 14.8. The van der Waals surface area contributed by atoms with Crippen LogP contribution in [0.5, 0.6) is 0 Å². The first-order valence-electron chi connectivity index (χ1n) is 7.28. The predicted octanol–water partition coefficient (Wildman–Crippen LogP) is 2.73. The van der Waals surface area contributed by atoms with Crippen LogP contribution in [-0.2, 0) is 6.42 Å². The molecule has 0 aromatic heterocycles. The number of hydrogen-bond donors (Lipinski definition) is 3. The number of halogens is 2. The summed E-state index contributed by atoms with van der Waals surface area (Å²) in [5.74, 6) is 0.189. The van der Waals surface area contributed by atoms with Gasteiger partial charge in [0.1, 0.15) is 5.69 Å². The monoisotopic (exact) mass is 328 g/mol. The van der Waals surface area contributed by atoms with Gasteiger partial charge in [-0.1, -0.05) is 30.2 Å². The fourth-order valence-electron chi connectivity index (χ4n) is 2.81. The fourth-order valence-corrected chi connectivity index (χ4v) is 2.81. The SMILES string of the molecule is C#Cc1cc(F)c(NC(=O)N[C@H]2c3ccccc3C[C@H]2O)c(F)c1. The summed E-state index contributed by atoms with van der Waals surface area (Å²) < 4.78 is 27.7. The number of amides is 2. The van der Waals surface area contributed by atoms with E-state index in [9.17, 15) is 18.7 Å². The van der Waals surface area contributed by atoms with Crippen LogP contribution in [0.2, 0.25) is 0 Å². The number of terminal acetylenes is 1. The van der Waals surface area contributed by atoms with Crippen molar-refractivity contribution in [2.75, 3.05) is 5.32 Å². The summed E-state index contributed by atoms with van der Waals surface area (Å²) in [5.41, 5.74) is 1.15. The quantitative estimate of drug-likeness (QED) is 0.743. The van der Waals surface area contributed by atoms with Crippen molar-refractivity contribution in [1.82, 2.24) is 5.32 Å². The maximum atomic E-state index is 13.9. The molecule has 24 heavy (non-hydrogen) atoms. The van der Waals surface area contributed by atoms with Crippen LogP contribution in [0.4, 0.5) is 19.3 Å². The van der Waals surface area contributed by atoms with Gasteiger partial charge in [-0.2, -0.15) is 0 Å². The summed E-state index contributed by atoms with van der Waals surface area (Å²) in [7, 11) is 0. The lowest BCUT2D eigenvalue weighted by atomic mass is 10.1. The number of fused-ring (bicyclic) bond motifs is 1. The molecular formula is C18H14F2N2O2. The summed E-state index contributed by atoms with van der Waals surface area (Å²) >= 11 is 0. The van der Waals surface area contributed by atoms with E-state index >= 15 is 0 Å². The molecule has 0 unspecified atom stereocenters. The number of hydrogen-bond acceptors (Lipinski definition) is 2. The summed E-state index contributed by atoms with van der Waals surface area (Å²) in [6, 6.07) is 7.73. The van der Waals surface area contributed by atoms with Gasteiger partial charge in [0.05, 0.1) is 12.1 Å². The lowest BCUT2D eigenvalue weighted by Crippen LogP contribution is -2.37. The number of carbonyl (C=O) groups excluding carboxylic acids is 1. The van der Waals surface area contributed by atoms with Crippen molar-refractivity contribution in [2.45, 2.75) is 18.6 Å². The Hall–Kier alpha value is -2.91. The third kappa shape index (κ3) is 2.94. The Labute approximate surface area is 137 Å². The third-order valence-electron chi connectivity index (χ3n) is 3.94. The maximum Gasteiger partial charge on any atom is 0.319 e. The molecule has 0 fully saturated rings. The topological polar surface area (TPSA) is 61.4 Å². The molecule has 0 saturated heterocycles. The van der Waals surface area contributed by atoms with Gasteiger partial charge in [-0.05, 0) is 23.3 Å². The Kier molecular flexibility index (Phi) is 4.19. The highest BCUT2D eigenvalue weighted by atomic mass is 19.1. The third-order valence-corrected chi connectivity index (χ3v) is 3.94. The molecule has 0 heterocycles. The van der Waals surface area contributed by atoms with Gasteiger partial charge in [0.25, 0.3) is 0 Å². The molecule has 4 nitrogen and oxygen atoms in total. The molecule has 0 aliphatic heterocycles. The van der Waals surface area contributed by atoms with Gasteiger partial charge < -0.3 is 15.7 Å². The second-order valence-electron chi connectivity index (χ2n) is 5.51. The first kappa shape index (κ1) is 16.0. The molecule has 1 aliphatic carbocycles. The molecule has 0 radical (unpaired) electrons. The Bertz CT molecular complexity index is 822. The predicted molar refractivity (Wildman–Crippen MR) is 85.3 cm³/mol. The molecule has 122 valence electrons. The average Bonchev–Trinajstić information content (AvgIpc) is 2.86. The average molecular weight is 328 g/mol. The van der Waals surface area contributed by atoms with Crippen LogP contribution in [0.1, 0.15) is 22.7 Å². The van der Waals surface area contributed by atoms with E-state index in [2.05, 4.69) is 16.6 Å². The Morgan fingerprint density at radius 1 is 1.25 bits per heavy atom. The van der Waals surface area contributed by atoms with Crippen molar-refractivity contribution in [1.29, 1.82) is 0 Å². The summed E-state index contributed by atoms with van der Waals surface area (Å²) in [4.78, 5) is 12.1. The standard InChI is InChI=1S/C18H14F2N2O2/c1-2-10-7-13(19)17(14(20)8-10)22-18(24)21-16-12-6-4-3-5-11(12)9-15(16)23/h1,3-8,15-16,23H,9H2,(H2,21,22,24)/t15-,16+/m1/s1. The fraction of sp³-hybridized carbons (Fsp3) is 0.167. The minimum absolute atomic E-state index is 0.0381. The van der Waals surface area contributed by atoms with E-state index in [1.54, 1.807) is 12.1 Å². The lowest BCUT2D eigenvalue weighted by molar-refractivity contribution is 0.144. The smallest absolute Gasteiger partial charge is 0.319 e. The van der Waals surface area contributed by atoms with Gasteiger partial charge in [-0.3, -0.25) is 0 Å². The number of urea groups is 1. The first-order chi connectivity index (χ1) is 11.5. The molecule has 2 aromatic carbocycles. The highest BCUT2D eigenvalue weighted by Crippen LogP contribution is 2.31. The van der Waals surface area contributed by atoms with Crippen LogP contribution >= 0.6 is 0 Å². The summed E-state index contributed by atoms with van der Waals surface area (Å²) in [6.07, 6.45) is 4.70. The number of rotatable bonds is 2. The molecule has 0 saturated carbocycles. The maximum absolute atomic E-state index is 13.9. The van der Waals surface area contributed by atoms with Crippen LogP contribution in [0.15, 0.2) is 36.4 Å². The molecule has 3 rings (SSSR count). The largest absolute Gasteiger partial charge is 0.390 e. The molecule has 2 aromatic rings. The number of anilines is 1. The Morgan fingerprint density at radius 2 is 1.92 bits per heavy atom. The van der Waals surface area contributed by atoms with Gasteiger partial charge >= 0.3 is 6.03 Å². The molecule has 1 aliphatic rings. The number of aliphatic hydroxyl groups is 1. The Morgan fingerprint density at radius 3 is 2.58 bits per heavy atom. The minimum Gasteiger partial charge on any atom is -0.390 e. The van der Waals surface area contributed by atoms with Gasteiger partial charge in [-0.25, -0.2) is 13.6 Å². The molecule has 2 amide bonds. The molecular weight excluding hydrogens is 314 g/mol. The zero-order valence-electron chi connectivity index (χ0n) is 12.5. The van der Waals surface area contributed by atoms with Crippen molar-refractivity contribution in [3.8, 4) is 12.3 Å². The lowest BCUT2D eigenvalue weighted by Gasteiger charge is -2.18. The minimum atomic E-state index is -0.967. The van der Waals surface area contributed by atoms with E-state index in [0.29, 0.717) is 6.42 Å². The second-order valence-corrected chi connectivity index (χ2v) is 5.51. The van der Waals surface area contributed by atoms with Gasteiger partial charge in [-0.15, -0.1) is 6.42 Å². The van der Waals surface area contributed by atoms with E-state index in [0.717, 1.165) is 23.3 Å². The van der Waals surface area contributed by atoms with Crippen LogP contribution < -0.4 is 10.6 Å². The van der Waals surface area contributed by atoms with Crippen LogP contribution in [0.3, 0.4) is 0 Å². The molecule has 0 spiro atoms. The number of aliphatic hydroxyl groups excluding tert-OH is 1. The van der Waals surface area contributed by atoms with Crippen LogP contribution in [0.25, 0.3) is 0 Å². The summed E-state index contributed by atoms with van der Waals surface area (Å²) in [6.45, 7) is 0. The highest BCUT2D eigenvalue weighted by molar-refractivity contribution is 5.90. The molecule has 3 N–H and O–H groups in total. The van der Waals surface area contributed by atoms with Gasteiger partial charge in [0, 0.05) is 12.0 Å². The highest BCUT2D eigenvalue weighted by Gasteiger charge is 2.32. The molecule has 0 bridgehead atoms. The van der Waals surface area contributed by atoms with E-state index in [1.165, 1.54) is 0 Å². The molecule has 6 heteroatoms. The number of benzene rings is 2. The normalized spacial score (nSPS) is 18.6. The zero-order chi connectivity index (χ0) is 17.3. The van der Waals surface area contributed by atoms with Crippen LogP contribution in [0, 0.1) is 24.0 Å². The van der Waals surface area contributed by atoms with Gasteiger partial charge in [0.15, 0.2) is 11.6 Å². The van der Waals surface area contributed by atoms with Crippen molar-refractivity contribution in [3.63, 3.8) is 0 Å². The van der Waals surface area contributed by atoms with E-state index in [4.69, 9.17) is 6.42 Å². The van der Waals surface area contributed by atoms with Crippen molar-refractivity contribution in [2.24, 2.45) is 0 Å². The van der Waals surface area contributed by atoms with E-state index < -0.39 is 35.5 Å². The van der Waals surface area contributed by atoms with Crippen molar-refractivity contribution in [3.05, 3.63) is 64.7 Å². The van der Waals surface area contributed by atoms with Crippen molar-refractivity contribution >= 4 is 11.7 Å². The van der Waals surface area contributed by atoms with Gasteiger partial charge in [0.2, 0.25) is 0 Å². The zero-order valence-corrected chi connectivity index (χ0v) is 12.5. The second kappa shape index (κ2) is 6.30. The number of nitrogens with one attached hydrogen (secondary N) is 2. The first-order valence-corrected chi connectivity index (χ1v) is 7.28. The number of carbonyl (C=O) groups is 1. The van der Waals surface area contributed by atoms with Crippen LogP contribution in [-0.4, -0.2) is 17.2 Å². The molecule has 2 atom stereocenters. The Balaban J connectivity index is 1.77.